The van der Waals surface area contributed by atoms with Gasteiger partial charge in [-0.2, -0.15) is 0 Å². The molecule has 2 aromatic rings. The van der Waals surface area contributed by atoms with Crippen LogP contribution in [0.15, 0.2) is 46.9 Å². The topological polar surface area (TPSA) is 17.1 Å². The summed E-state index contributed by atoms with van der Waals surface area (Å²) in [6.07, 6.45) is 0.349. The van der Waals surface area contributed by atoms with E-state index < -0.39 is 5.82 Å². The molecule has 0 saturated heterocycles. The second kappa shape index (κ2) is 6.31. The molecule has 0 spiro atoms. The van der Waals surface area contributed by atoms with Crippen molar-refractivity contribution in [2.75, 3.05) is 0 Å². The van der Waals surface area contributed by atoms with Crippen LogP contribution in [0.5, 0.6) is 0 Å². The molecule has 98 valence electrons. The lowest BCUT2D eigenvalue weighted by Gasteiger charge is -2.04. The zero-order valence-corrected chi connectivity index (χ0v) is 12.3. The lowest BCUT2D eigenvalue weighted by Crippen LogP contribution is -2.07. The number of benzene rings is 2. The normalized spacial score (nSPS) is 10.5. The van der Waals surface area contributed by atoms with Crippen LogP contribution in [0.1, 0.15) is 11.1 Å². The van der Waals surface area contributed by atoms with E-state index in [1.54, 1.807) is 0 Å². The van der Waals surface area contributed by atoms with E-state index in [1.807, 2.05) is 24.3 Å². The Morgan fingerprint density at radius 3 is 2.47 bits per heavy atom. The van der Waals surface area contributed by atoms with Gasteiger partial charge in [-0.05, 0) is 41.5 Å². The van der Waals surface area contributed by atoms with E-state index in [-0.39, 0.29) is 12.2 Å². The second-order valence-electron chi connectivity index (χ2n) is 4.25. The van der Waals surface area contributed by atoms with Crippen LogP contribution in [-0.2, 0) is 17.6 Å². The van der Waals surface area contributed by atoms with E-state index in [4.69, 9.17) is 11.6 Å². The lowest BCUT2D eigenvalue weighted by molar-refractivity contribution is -0.117. The molecule has 2 aromatic carbocycles. The van der Waals surface area contributed by atoms with Crippen LogP contribution in [0.25, 0.3) is 0 Å². The van der Waals surface area contributed by atoms with Gasteiger partial charge in [-0.3, -0.25) is 4.79 Å². The zero-order chi connectivity index (χ0) is 13.8. The van der Waals surface area contributed by atoms with E-state index in [1.165, 1.54) is 18.2 Å². The van der Waals surface area contributed by atoms with Gasteiger partial charge in [0, 0.05) is 22.3 Å². The number of Topliss-reactive ketones (excluding diaryl/α,β-unsaturated/α-hetero) is 1. The first-order valence-corrected chi connectivity index (χ1v) is 6.92. The van der Waals surface area contributed by atoms with E-state index in [0.29, 0.717) is 17.0 Å². The van der Waals surface area contributed by atoms with Gasteiger partial charge in [-0.25, -0.2) is 4.39 Å². The highest BCUT2D eigenvalue weighted by Crippen LogP contribution is 2.17. The first-order chi connectivity index (χ1) is 9.04. The molecule has 0 atom stereocenters. The summed E-state index contributed by atoms with van der Waals surface area (Å²) in [5.41, 5.74) is 1.25. The van der Waals surface area contributed by atoms with E-state index in [0.717, 1.165) is 10.0 Å². The smallest absolute Gasteiger partial charge is 0.141 e. The monoisotopic (exact) mass is 340 g/mol. The second-order valence-corrected chi connectivity index (χ2v) is 5.61. The fourth-order valence-corrected chi connectivity index (χ4v) is 2.24. The van der Waals surface area contributed by atoms with Crippen molar-refractivity contribution in [2.24, 2.45) is 0 Å². The van der Waals surface area contributed by atoms with Crippen molar-refractivity contribution in [3.63, 3.8) is 0 Å². The summed E-state index contributed by atoms with van der Waals surface area (Å²) < 4.78 is 14.5. The standard InChI is InChI=1S/C15H11BrClFO/c16-12-3-1-10(2-4-12)7-14(19)9-11-8-13(17)5-6-15(11)18/h1-6,8H,7,9H2. The molecule has 0 aromatic heterocycles. The number of hydrogen-bond donors (Lipinski definition) is 0. The van der Waals surface area contributed by atoms with E-state index in [2.05, 4.69) is 15.9 Å². The van der Waals surface area contributed by atoms with Crippen LogP contribution in [0.3, 0.4) is 0 Å². The summed E-state index contributed by atoms with van der Waals surface area (Å²) in [7, 11) is 0. The van der Waals surface area contributed by atoms with Gasteiger partial charge in [0.1, 0.15) is 11.6 Å². The summed E-state index contributed by atoms with van der Waals surface area (Å²) in [5, 5.41) is 0.438. The molecule has 0 aliphatic heterocycles. The minimum Gasteiger partial charge on any atom is -0.299 e. The SMILES string of the molecule is O=C(Cc1ccc(Br)cc1)Cc1cc(Cl)ccc1F. The van der Waals surface area contributed by atoms with Gasteiger partial charge in [0.25, 0.3) is 0 Å². The average Bonchev–Trinajstić information content (AvgIpc) is 2.37. The Balaban J connectivity index is 2.05. The fraction of sp³-hybridized carbons (Fsp3) is 0.133. The Bertz CT molecular complexity index is 596. The maximum atomic E-state index is 13.5. The molecule has 0 bridgehead atoms. The minimum atomic E-state index is -0.395. The largest absolute Gasteiger partial charge is 0.299 e. The molecule has 0 aliphatic rings. The molecule has 0 N–H and O–H groups in total. The predicted molar refractivity (Wildman–Crippen MR) is 78.0 cm³/mol. The molecule has 2 rings (SSSR count). The number of hydrogen-bond acceptors (Lipinski definition) is 1. The van der Waals surface area contributed by atoms with Gasteiger partial charge in [-0.1, -0.05) is 39.7 Å². The number of halogens is 3. The molecule has 0 saturated carbocycles. The molecule has 0 fully saturated rings. The number of rotatable bonds is 4. The highest BCUT2D eigenvalue weighted by atomic mass is 79.9. The van der Waals surface area contributed by atoms with Crippen molar-refractivity contribution < 1.29 is 9.18 Å². The molecular weight excluding hydrogens is 331 g/mol. The van der Waals surface area contributed by atoms with Crippen LogP contribution >= 0.6 is 27.5 Å². The highest BCUT2D eigenvalue weighted by Gasteiger charge is 2.09. The lowest BCUT2D eigenvalue weighted by atomic mass is 10.0. The number of carbonyl (C=O) groups is 1. The van der Waals surface area contributed by atoms with Gasteiger partial charge in [-0.15, -0.1) is 0 Å². The van der Waals surface area contributed by atoms with Crippen molar-refractivity contribution in [1.29, 1.82) is 0 Å². The molecule has 19 heavy (non-hydrogen) atoms. The fourth-order valence-electron chi connectivity index (χ4n) is 1.78. The minimum absolute atomic E-state index is 0.0384. The highest BCUT2D eigenvalue weighted by molar-refractivity contribution is 9.10. The molecular formula is C15H11BrClFO. The maximum absolute atomic E-state index is 13.5. The third kappa shape index (κ3) is 4.15. The van der Waals surface area contributed by atoms with Crippen molar-refractivity contribution in [1.82, 2.24) is 0 Å². The molecule has 1 nitrogen and oxygen atoms in total. The van der Waals surface area contributed by atoms with Crippen LogP contribution in [0, 0.1) is 5.82 Å². The summed E-state index contributed by atoms with van der Waals surface area (Å²) >= 11 is 9.13. The molecule has 0 heterocycles. The predicted octanol–water partition coefficient (Wildman–Crippen LogP) is 4.60. The average molecular weight is 342 g/mol. The van der Waals surface area contributed by atoms with Gasteiger partial charge in [0.2, 0.25) is 0 Å². The van der Waals surface area contributed by atoms with Crippen LogP contribution < -0.4 is 0 Å². The third-order valence-electron chi connectivity index (χ3n) is 2.71. The maximum Gasteiger partial charge on any atom is 0.141 e. The van der Waals surface area contributed by atoms with Gasteiger partial charge in [0.15, 0.2) is 0 Å². The van der Waals surface area contributed by atoms with Crippen LogP contribution in [-0.4, -0.2) is 5.78 Å². The number of ketones is 1. The summed E-state index contributed by atoms with van der Waals surface area (Å²) in [4.78, 5) is 11.9. The molecule has 0 aliphatic carbocycles. The molecule has 0 unspecified atom stereocenters. The van der Waals surface area contributed by atoms with Gasteiger partial charge in [0.05, 0.1) is 0 Å². The van der Waals surface area contributed by atoms with Crippen LogP contribution in [0.2, 0.25) is 5.02 Å². The number of carbonyl (C=O) groups excluding carboxylic acids is 1. The Kier molecular flexibility index (Phi) is 4.72. The van der Waals surface area contributed by atoms with Crippen molar-refractivity contribution >= 4 is 33.3 Å². The van der Waals surface area contributed by atoms with Gasteiger partial charge < -0.3 is 0 Å². The molecule has 0 amide bonds. The Morgan fingerprint density at radius 2 is 1.79 bits per heavy atom. The summed E-state index contributed by atoms with van der Waals surface area (Å²) in [5.74, 6) is -0.433. The summed E-state index contributed by atoms with van der Waals surface area (Å²) in [6.45, 7) is 0. The zero-order valence-electron chi connectivity index (χ0n) is 10.00. The third-order valence-corrected chi connectivity index (χ3v) is 3.47. The molecule has 0 radical (unpaired) electrons. The Labute approximate surface area is 124 Å². The summed E-state index contributed by atoms with van der Waals surface area (Å²) in [6, 6.07) is 11.7. The first-order valence-electron chi connectivity index (χ1n) is 5.74. The van der Waals surface area contributed by atoms with Crippen molar-refractivity contribution in [3.8, 4) is 0 Å². The first kappa shape index (κ1) is 14.2. The van der Waals surface area contributed by atoms with E-state index >= 15 is 0 Å². The quantitative estimate of drug-likeness (QED) is 0.794. The Hall–Kier alpha value is -1.19. The van der Waals surface area contributed by atoms with Crippen molar-refractivity contribution in [2.45, 2.75) is 12.8 Å². The van der Waals surface area contributed by atoms with Gasteiger partial charge >= 0.3 is 0 Å². The molecule has 4 heteroatoms. The Morgan fingerprint density at radius 1 is 1.11 bits per heavy atom. The van der Waals surface area contributed by atoms with Crippen LogP contribution in [0.4, 0.5) is 4.39 Å². The van der Waals surface area contributed by atoms with E-state index in [9.17, 15) is 9.18 Å². The van der Waals surface area contributed by atoms with Crippen molar-refractivity contribution in [3.05, 3.63) is 68.9 Å².